The third-order valence-electron chi connectivity index (χ3n) is 3.20. The van der Waals surface area contributed by atoms with Crippen molar-refractivity contribution in [3.05, 3.63) is 0 Å². The summed E-state index contributed by atoms with van der Waals surface area (Å²) in [6, 6.07) is -0.244. The summed E-state index contributed by atoms with van der Waals surface area (Å²) >= 11 is 0. The number of hydrogen-bond donors (Lipinski definition) is 1. The van der Waals surface area contributed by atoms with Crippen LogP contribution in [0, 0.1) is 5.92 Å². The Morgan fingerprint density at radius 1 is 1.38 bits per heavy atom. The average molecular weight is 248 g/mol. The molecule has 1 aliphatic carbocycles. The summed E-state index contributed by atoms with van der Waals surface area (Å²) in [7, 11) is -3.26. The predicted molar refractivity (Wildman–Crippen MR) is 62.2 cm³/mol. The van der Waals surface area contributed by atoms with Crippen molar-refractivity contribution in [2.75, 3.05) is 12.8 Å². The van der Waals surface area contributed by atoms with E-state index in [9.17, 15) is 13.2 Å². The summed E-state index contributed by atoms with van der Waals surface area (Å²) < 4.78 is 24.6. The highest BCUT2D eigenvalue weighted by atomic mass is 32.2. The molecule has 1 fully saturated rings. The second-order valence-corrected chi connectivity index (χ2v) is 6.26. The van der Waals surface area contributed by atoms with Gasteiger partial charge >= 0.3 is 0 Å². The van der Waals surface area contributed by atoms with Crippen LogP contribution in [0.25, 0.3) is 0 Å². The van der Waals surface area contributed by atoms with Crippen molar-refractivity contribution >= 4 is 15.9 Å². The zero-order valence-electron chi connectivity index (χ0n) is 9.85. The van der Waals surface area contributed by atoms with E-state index in [-0.39, 0.29) is 17.9 Å². The first-order valence-electron chi connectivity index (χ1n) is 5.64. The van der Waals surface area contributed by atoms with Crippen LogP contribution in [0.5, 0.6) is 0 Å². The third-order valence-corrected chi connectivity index (χ3v) is 4.58. The fourth-order valence-corrected chi connectivity index (χ4v) is 3.72. The van der Waals surface area contributed by atoms with Gasteiger partial charge in [-0.05, 0) is 12.8 Å². The van der Waals surface area contributed by atoms with E-state index in [1.54, 1.807) is 6.92 Å². The van der Waals surface area contributed by atoms with Crippen LogP contribution in [0.3, 0.4) is 0 Å². The molecule has 2 N–H and O–H groups in total. The molecule has 0 bridgehead atoms. The number of sulfonamides is 1. The maximum absolute atomic E-state index is 11.6. The number of nitrogens with two attached hydrogens (primary N) is 1. The van der Waals surface area contributed by atoms with Crippen LogP contribution in [0.1, 0.15) is 32.6 Å². The van der Waals surface area contributed by atoms with Crippen molar-refractivity contribution in [3.8, 4) is 0 Å². The van der Waals surface area contributed by atoms with E-state index in [0.717, 1.165) is 19.3 Å². The molecule has 0 radical (unpaired) electrons. The first kappa shape index (κ1) is 13.4. The Morgan fingerprint density at radius 2 is 1.94 bits per heavy atom. The Balaban J connectivity index is 2.93. The van der Waals surface area contributed by atoms with Gasteiger partial charge in [-0.15, -0.1) is 0 Å². The Morgan fingerprint density at radius 3 is 2.38 bits per heavy atom. The fourth-order valence-electron chi connectivity index (χ4n) is 2.50. The number of nitrogens with zero attached hydrogens (tertiary/aromatic N) is 1. The molecule has 0 aliphatic heterocycles. The molecule has 94 valence electrons. The maximum atomic E-state index is 11.6. The van der Waals surface area contributed by atoms with E-state index in [1.807, 2.05) is 0 Å². The fraction of sp³-hybridized carbons (Fsp3) is 0.900. The van der Waals surface area contributed by atoms with Crippen LogP contribution in [-0.4, -0.2) is 37.5 Å². The topological polar surface area (TPSA) is 80.5 Å². The number of rotatable bonds is 4. The van der Waals surface area contributed by atoms with Crippen LogP contribution in [0.15, 0.2) is 0 Å². The van der Waals surface area contributed by atoms with Gasteiger partial charge in [0.05, 0.1) is 12.2 Å². The molecule has 0 heterocycles. The van der Waals surface area contributed by atoms with Crippen LogP contribution in [0.2, 0.25) is 0 Å². The van der Waals surface area contributed by atoms with E-state index in [1.165, 1.54) is 10.6 Å². The van der Waals surface area contributed by atoms with Gasteiger partial charge in [0, 0.05) is 12.6 Å². The van der Waals surface area contributed by atoms with Crippen molar-refractivity contribution in [3.63, 3.8) is 0 Å². The quantitative estimate of drug-likeness (QED) is 0.777. The van der Waals surface area contributed by atoms with Gasteiger partial charge < -0.3 is 5.73 Å². The molecule has 0 aromatic carbocycles. The molecule has 2 unspecified atom stereocenters. The third kappa shape index (κ3) is 2.95. The Kier molecular flexibility index (Phi) is 4.32. The molecular weight excluding hydrogens is 228 g/mol. The molecule has 2 atom stereocenters. The summed E-state index contributed by atoms with van der Waals surface area (Å²) in [5.74, 6) is -0.713. The van der Waals surface area contributed by atoms with Gasteiger partial charge in [-0.3, -0.25) is 4.79 Å². The minimum atomic E-state index is -3.26. The zero-order valence-corrected chi connectivity index (χ0v) is 10.7. The lowest BCUT2D eigenvalue weighted by Crippen LogP contribution is -2.49. The first-order valence-corrected chi connectivity index (χ1v) is 7.49. The molecule has 0 aromatic heterocycles. The second-order valence-electron chi connectivity index (χ2n) is 4.33. The van der Waals surface area contributed by atoms with Crippen LogP contribution in [-0.2, 0) is 14.8 Å². The summed E-state index contributed by atoms with van der Waals surface area (Å²) in [5.41, 5.74) is 5.33. The van der Waals surface area contributed by atoms with Gasteiger partial charge in [-0.25, -0.2) is 8.42 Å². The molecule has 6 heteroatoms. The molecular formula is C10H20N2O3S. The number of hydrogen-bond acceptors (Lipinski definition) is 3. The first-order chi connectivity index (χ1) is 7.38. The van der Waals surface area contributed by atoms with E-state index < -0.39 is 10.0 Å². The summed E-state index contributed by atoms with van der Waals surface area (Å²) in [5, 5.41) is 0. The average Bonchev–Trinajstić information content (AvgIpc) is 2.17. The van der Waals surface area contributed by atoms with Crippen LogP contribution in [0.4, 0.5) is 0 Å². The summed E-state index contributed by atoms with van der Waals surface area (Å²) in [6.07, 6.45) is 4.52. The molecule has 1 aliphatic rings. The molecule has 5 nitrogen and oxygen atoms in total. The van der Waals surface area contributed by atoms with Gasteiger partial charge in [0.1, 0.15) is 0 Å². The highest BCUT2D eigenvalue weighted by Gasteiger charge is 2.36. The lowest BCUT2D eigenvalue weighted by molar-refractivity contribution is -0.124. The van der Waals surface area contributed by atoms with E-state index in [4.69, 9.17) is 5.73 Å². The molecule has 0 saturated heterocycles. The largest absolute Gasteiger partial charge is 0.369 e. The molecule has 0 aromatic rings. The van der Waals surface area contributed by atoms with Crippen LogP contribution < -0.4 is 5.73 Å². The Bertz CT molecular complexity index is 353. The number of carbonyl (C=O) groups excluding carboxylic acids is 1. The highest BCUT2D eigenvalue weighted by Crippen LogP contribution is 2.29. The van der Waals surface area contributed by atoms with Gasteiger partial charge in [-0.1, -0.05) is 19.8 Å². The van der Waals surface area contributed by atoms with Crippen molar-refractivity contribution < 1.29 is 13.2 Å². The predicted octanol–water partition coefficient (Wildman–Crippen LogP) is 0.312. The molecule has 1 saturated carbocycles. The van der Waals surface area contributed by atoms with Crippen molar-refractivity contribution in [2.45, 2.75) is 38.6 Å². The smallest absolute Gasteiger partial charge is 0.222 e. The van der Waals surface area contributed by atoms with Gasteiger partial charge in [0.2, 0.25) is 15.9 Å². The lowest BCUT2D eigenvalue weighted by Gasteiger charge is -2.36. The van der Waals surface area contributed by atoms with Crippen molar-refractivity contribution in [2.24, 2.45) is 11.7 Å². The SMILES string of the molecule is CCN(C1CCCCC1C(N)=O)S(C)(=O)=O. The van der Waals surface area contributed by atoms with Gasteiger partial charge in [-0.2, -0.15) is 4.31 Å². The lowest BCUT2D eigenvalue weighted by atomic mass is 9.84. The Labute approximate surface area is 97.0 Å². The second kappa shape index (κ2) is 5.14. The Hall–Kier alpha value is -0.620. The number of amides is 1. The van der Waals surface area contributed by atoms with Gasteiger partial charge in [0.25, 0.3) is 0 Å². The van der Waals surface area contributed by atoms with E-state index in [0.29, 0.717) is 13.0 Å². The van der Waals surface area contributed by atoms with E-state index in [2.05, 4.69) is 0 Å². The standard InChI is InChI=1S/C10H20N2O3S/c1-3-12(16(2,14)15)9-7-5-4-6-8(9)10(11)13/h8-9H,3-7H2,1-2H3,(H2,11,13). The molecule has 1 amide bonds. The van der Waals surface area contributed by atoms with E-state index >= 15 is 0 Å². The monoisotopic (exact) mass is 248 g/mol. The van der Waals surface area contributed by atoms with Gasteiger partial charge in [0.15, 0.2) is 0 Å². The van der Waals surface area contributed by atoms with Crippen LogP contribution >= 0.6 is 0 Å². The highest BCUT2D eigenvalue weighted by molar-refractivity contribution is 7.88. The number of carbonyl (C=O) groups is 1. The van der Waals surface area contributed by atoms with Crippen molar-refractivity contribution in [1.29, 1.82) is 0 Å². The van der Waals surface area contributed by atoms with Crippen molar-refractivity contribution in [1.82, 2.24) is 4.31 Å². The molecule has 0 spiro atoms. The normalized spacial score (nSPS) is 26.9. The molecule has 16 heavy (non-hydrogen) atoms. The maximum Gasteiger partial charge on any atom is 0.222 e. The summed E-state index contributed by atoms with van der Waals surface area (Å²) in [6.45, 7) is 2.18. The minimum Gasteiger partial charge on any atom is -0.369 e. The zero-order chi connectivity index (χ0) is 12.3. The number of primary amides is 1. The molecule has 1 rings (SSSR count). The minimum absolute atomic E-state index is 0.244. The summed E-state index contributed by atoms with van der Waals surface area (Å²) in [4.78, 5) is 11.3.